The molecular formula is C13H21N5O. The van der Waals surface area contributed by atoms with Gasteiger partial charge in [0.25, 0.3) is 0 Å². The molecule has 0 aliphatic carbocycles. The third kappa shape index (κ3) is 2.25. The molecule has 0 aromatic carbocycles. The summed E-state index contributed by atoms with van der Waals surface area (Å²) in [4.78, 5) is 14.2. The standard InChI is InChI=1S/C13H21N5O/c1-9-5-6-14-12(9)13(19)17(2)8-11-16-15-10-4-3-7-18(10)11/h9,12,14H,3-8H2,1-2H3. The van der Waals surface area contributed by atoms with E-state index in [1.54, 1.807) is 4.90 Å². The molecule has 3 heterocycles. The number of aromatic nitrogens is 3. The van der Waals surface area contributed by atoms with E-state index in [-0.39, 0.29) is 11.9 Å². The van der Waals surface area contributed by atoms with Gasteiger partial charge in [-0.05, 0) is 25.3 Å². The molecule has 1 N–H and O–H groups in total. The van der Waals surface area contributed by atoms with Gasteiger partial charge in [0.15, 0.2) is 5.82 Å². The third-order valence-electron chi connectivity index (χ3n) is 4.24. The normalized spacial score (nSPS) is 25.6. The second-order valence-electron chi connectivity index (χ2n) is 5.68. The predicted molar refractivity (Wildman–Crippen MR) is 70.4 cm³/mol. The van der Waals surface area contributed by atoms with E-state index in [0.717, 1.165) is 44.0 Å². The molecule has 1 amide bonds. The van der Waals surface area contributed by atoms with Crippen LogP contribution in [0, 0.1) is 5.92 Å². The molecule has 2 unspecified atom stereocenters. The number of amides is 1. The summed E-state index contributed by atoms with van der Waals surface area (Å²) < 4.78 is 2.15. The van der Waals surface area contributed by atoms with Crippen LogP contribution in [0.4, 0.5) is 0 Å². The molecule has 3 rings (SSSR count). The minimum absolute atomic E-state index is 0.0361. The summed E-state index contributed by atoms with van der Waals surface area (Å²) in [7, 11) is 1.85. The Kier molecular flexibility index (Phi) is 3.26. The fraction of sp³-hybridized carbons (Fsp3) is 0.769. The highest BCUT2D eigenvalue weighted by molar-refractivity contribution is 5.82. The van der Waals surface area contributed by atoms with Gasteiger partial charge in [0.2, 0.25) is 5.91 Å². The summed E-state index contributed by atoms with van der Waals surface area (Å²) in [5, 5.41) is 11.7. The molecule has 2 aliphatic heterocycles. The number of likely N-dealkylation sites (N-methyl/N-ethyl adjacent to an activating group) is 1. The van der Waals surface area contributed by atoms with E-state index in [0.29, 0.717) is 12.5 Å². The van der Waals surface area contributed by atoms with Gasteiger partial charge < -0.3 is 14.8 Å². The summed E-state index contributed by atoms with van der Waals surface area (Å²) >= 11 is 0. The number of fused-ring (bicyclic) bond motifs is 1. The minimum Gasteiger partial charge on any atom is -0.337 e. The first-order valence-electron chi connectivity index (χ1n) is 7.06. The van der Waals surface area contributed by atoms with Crippen molar-refractivity contribution in [1.29, 1.82) is 0 Å². The van der Waals surface area contributed by atoms with Crippen LogP contribution in [-0.4, -0.2) is 45.2 Å². The van der Waals surface area contributed by atoms with E-state index >= 15 is 0 Å². The first kappa shape index (κ1) is 12.6. The first-order valence-corrected chi connectivity index (χ1v) is 7.06. The monoisotopic (exact) mass is 263 g/mol. The molecule has 0 radical (unpaired) electrons. The van der Waals surface area contributed by atoms with E-state index in [1.165, 1.54) is 0 Å². The number of hydrogen-bond donors (Lipinski definition) is 1. The van der Waals surface area contributed by atoms with Crippen molar-refractivity contribution in [3.63, 3.8) is 0 Å². The van der Waals surface area contributed by atoms with Crippen LogP contribution in [-0.2, 0) is 24.3 Å². The first-order chi connectivity index (χ1) is 9.16. The van der Waals surface area contributed by atoms with Gasteiger partial charge in [-0.15, -0.1) is 10.2 Å². The zero-order valence-corrected chi connectivity index (χ0v) is 11.6. The quantitative estimate of drug-likeness (QED) is 0.845. The molecule has 1 fully saturated rings. The van der Waals surface area contributed by atoms with Crippen molar-refractivity contribution in [3.05, 3.63) is 11.6 Å². The lowest BCUT2D eigenvalue weighted by molar-refractivity contribution is -0.133. The molecule has 0 bridgehead atoms. The van der Waals surface area contributed by atoms with Gasteiger partial charge in [0.05, 0.1) is 12.6 Å². The number of rotatable bonds is 3. The fourth-order valence-corrected chi connectivity index (χ4v) is 3.02. The number of nitrogens with zero attached hydrogens (tertiary/aromatic N) is 4. The number of nitrogens with one attached hydrogen (secondary N) is 1. The van der Waals surface area contributed by atoms with Crippen molar-refractivity contribution in [1.82, 2.24) is 25.0 Å². The van der Waals surface area contributed by atoms with Crippen LogP contribution in [0.1, 0.15) is 31.4 Å². The molecule has 0 spiro atoms. The van der Waals surface area contributed by atoms with Crippen molar-refractivity contribution in [3.8, 4) is 0 Å². The number of carbonyl (C=O) groups excluding carboxylic acids is 1. The summed E-state index contributed by atoms with van der Waals surface area (Å²) in [6, 6.07) is -0.0361. The van der Waals surface area contributed by atoms with Crippen LogP contribution >= 0.6 is 0 Å². The van der Waals surface area contributed by atoms with Crippen molar-refractivity contribution in [2.24, 2.45) is 5.92 Å². The Morgan fingerprint density at radius 3 is 3.11 bits per heavy atom. The topological polar surface area (TPSA) is 63.1 Å². The van der Waals surface area contributed by atoms with E-state index in [4.69, 9.17) is 0 Å². The fourth-order valence-electron chi connectivity index (χ4n) is 3.02. The maximum Gasteiger partial charge on any atom is 0.240 e. The second-order valence-corrected chi connectivity index (χ2v) is 5.68. The molecule has 19 heavy (non-hydrogen) atoms. The van der Waals surface area contributed by atoms with E-state index in [1.807, 2.05) is 7.05 Å². The number of aryl methyl sites for hydroxylation is 1. The lowest BCUT2D eigenvalue weighted by Crippen LogP contribution is -2.44. The summed E-state index contributed by atoms with van der Waals surface area (Å²) in [6.45, 7) is 4.60. The lowest BCUT2D eigenvalue weighted by atomic mass is 10.0. The molecule has 1 aromatic rings. The highest BCUT2D eigenvalue weighted by atomic mass is 16.2. The van der Waals surface area contributed by atoms with E-state index in [9.17, 15) is 4.79 Å². The van der Waals surface area contributed by atoms with E-state index < -0.39 is 0 Å². The van der Waals surface area contributed by atoms with Crippen molar-refractivity contribution >= 4 is 5.91 Å². The molecule has 0 saturated carbocycles. The minimum atomic E-state index is -0.0361. The predicted octanol–water partition coefficient (Wildman–Crippen LogP) is 0.181. The largest absolute Gasteiger partial charge is 0.337 e. The average Bonchev–Trinajstić information content (AvgIpc) is 3.06. The molecule has 104 valence electrons. The highest BCUT2D eigenvalue weighted by Crippen LogP contribution is 2.18. The Labute approximate surface area is 113 Å². The van der Waals surface area contributed by atoms with Crippen LogP contribution in [0.15, 0.2) is 0 Å². The maximum atomic E-state index is 12.4. The molecular weight excluding hydrogens is 242 g/mol. The summed E-state index contributed by atoms with van der Waals surface area (Å²) in [5.74, 6) is 2.55. The lowest BCUT2D eigenvalue weighted by Gasteiger charge is -2.23. The molecule has 1 saturated heterocycles. The Bertz CT molecular complexity index is 483. The Morgan fingerprint density at radius 2 is 2.37 bits per heavy atom. The summed E-state index contributed by atoms with van der Waals surface area (Å²) in [5.41, 5.74) is 0. The van der Waals surface area contributed by atoms with Crippen molar-refractivity contribution < 1.29 is 4.79 Å². The zero-order chi connectivity index (χ0) is 13.4. The Hall–Kier alpha value is -1.43. The van der Waals surface area contributed by atoms with Gasteiger partial charge in [0.1, 0.15) is 5.82 Å². The van der Waals surface area contributed by atoms with Gasteiger partial charge in [-0.2, -0.15) is 0 Å². The maximum absolute atomic E-state index is 12.4. The Morgan fingerprint density at radius 1 is 1.53 bits per heavy atom. The summed E-state index contributed by atoms with van der Waals surface area (Å²) in [6.07, 6.45) is 3.22. The van der Waals surface area contributed by atoms with Crippen LogP contribution in [0.5, 0.6) is 0 Å². The van der Waals surface area contributed by atoms with Gasteiger partial charge in [-0.25, -0.2) is 0 Å². The highest BCUT2D eigenvalue weighted by Gasteiger charge is 2.32. The van der Waals surface area contributed by atoms with Crippen LogP contribution in [0.25, 0.3) is 0 Å². The smallest absolute Gasteiger partial charge is 0.240 e. The molecule has 6 nitrogen and oxygen atoms in total. The van der Waals surface area contributed by atoms with E-state index in [2.05, 4.69) is 27.0 Å². The number of hydrogen-bond acceptors (Lipinski definition) is 4. The van der Waals surface area contributed by atoms with Gasteiger partial charge in [0, 0.05) is 20.0 Å². The van der Waals surface area contributed by atoms with Gasteiger partial charge >= 0.3 is 0 Å². The zero-order valence-electron chi connectivity index (χ0n) is 11.6. The van der Waals surface area contributed by atoms with Crippen molar-refractivity contribution in [2.75, 3.05) is 13.6 Å². The van der Waals surface area contributed by atoms with Crippen molar-refractivity contribution in [2.45, 2.75) is 45.3 Å². The Balaban J connectivity index is 1.67. The van der Waals surface area contributed by atoms with Gasteiger partial charge in [-0.1, -0.05) is 6.92 Å². The average molecular weight is 263 g/mol. The SMILES string of the molecule is CC1CCNC1C(=O)N(C)Cc1nnc2n1CCC2. The third-order valence-corrected chi connectivity index (χ3v) is 4.24. The molecule has 6 heteroatoms. The molecule has 2 aliphatic rings. The van der Waals surface area contributed by atoms with Crippen LogP contribution in [0.2, 0.25) is 0 Å². The van der Waals surface area contributed by atoms with Gasteiger partial charge in [-0.3, -0.25) is 4.79 Å². The molecule has 1 aromatic heterocycles. The number of carbonyl (C=O) groups is 1. The van der Waals surface area contributed by atoms with Crippen LogP contribution < -0.4 is 5.32 Å². The van der Waals surface area contributed by atoms with Crippen LogP contribution in [0.3, 0.4) is 0 Å². The molecule has 2 atom stereocenters. The second kappa shape index (κ2) is 4.92.